The van der Waals surface area contributed by atoms with Crippen LogP contribution in [0.3, 0.4) is 0 Å². The van der Waals surface area contributed by atoms with Crippen molar-refractivity contribution < 1.29 is 23.8 Å². The highest BCUT2D eigenvalue weighted by Crippen LogP contribution is 2.40. The molecule has 6 heteroatoms. The standard InChI is InChI=1S/C25H25ClO5/c1-6-16-8-9-18(17-10-12-19(26)13-11-17)14-20(16)21-22(30-24(28)29-7-2)15(3)31-25(4,5)23(21)27/h8-14H,3,6-7H2,1-2,4-5H3. The van der Waals surface area contributed by atoms with Crippen LogP contribution in [0.4, 0.5) is 4.79 Å². The van der Waals surface area contributed by atoms with Crippen LogP contribution in [0.15, 0.2) is 60.6 Å². The highest BCUT2D eigenvalue weighted by atomic mass is 35.5. The first kappa shape index (κ1) is 22.6. The van der Waals surface area contributed by atoms with Crippen molar-refractivity contribution in [2.45, 2.75) is 39.7 Å². The van der Waals surface area contributed by atoms with E-state index < -0.39 is 11.8 Å². The summed E-state index contributed by atoms with van der Waals surface area (Å²) >= 11 is 6.02. The molecule has 5 nitrogen and oxygen atoms in total. The van der Waals surface area contributed by atoms with Crippen LogP contribution in [-0.4, -0.2) is 24.1 Å². The number of ketones is 1. The Kier molecular flexibility index (Phi) is 6.56. The third-order valence-corrected chi connectivity index (χ3v) is 5.27. The second-order valence-corrected chi connectivity index (χ2v) is 8.02. The Labute approximate surface area is 187 Å². The summed E-state index contributed by atoms with van der Waals surface area (Å²) in [5.74, 6) is -0.223. The lowest BCUT2D eigenvalue weighted by Gasteiger charge is -2.33. The fraction of sp³-hybridized carbons (Fsp3) is 0.280. The fourth-order valence-corrected chi connectivity index (χ4v) is 3.59. The summed E-state index contributed by atoms with van der Waals surface area (Å²) in [4.78, 5) is 25.5. The molecular formula is C25H25ClO5. The van der Waals surface area contributed by atoms with E-state index in [1.165, 1.54) is 0 Å². The number of hydrogen-bond donors (Lipinski definition) is 0. The van der Waals surface area contributed by atoms with Gasteiger partial charge in [-0.1, -0.05) is 49.4 Å². The summed E-state index contributed by atoms with van der Waals surface area (Å²) in [6.07, 6.45) is -0.243. The maximum absolute atomic E-state index is 13.4. The number of rotatable bonds is 5. The van der Waals surface area contributed by atoms with Gasteiger partial charge in [-0.3, -0.25) is 4.79 Å². The molecular weight excluding hydrogens is 416 g/mol. The SMILES string of the molecule is C=C1OC(C)(C)C(=O)C(c2cc(-c3ccc(Cl)cc3)ccc2CC)=C1OC(=O)OCC. The molecule has 0 aliphatic carbocycles. The zero-order valence-corrected chi connectivity index (χ0v) is 18.8. The summed E-state index contributed by atoms with van der Waals surface area (Å²) < 4.78 is 16.0. The number of aryl methyl sites for hydroxylation is 1. The summed E-state index contributed by atoms with van der Waals surface area (Å²) in [7, 11) is 0. The molecule has 0 atom stereocenters. The van der Waals surface area contributed by atoms with Crippen molar-refractivity contribution in [3.05, 3.63) is 76.7 Å². The average molecular weight is 441 g/mol. The highest BCUT2D eigenvalue weighted by molar-refractivity contribution is 6.30. The van der Waals surface area contributed by atoms with Crippen molar-refractivity contribution in [2.24, 2.45) is 0 Å². The van der Waals surface area contributed by atoms with Gasteiger partial charge in [0.25, 0.3) is 0 Å². The third kappa shape index (κ3) is 4.67. The van der Waals surface area contributed by atoms with Crippen LogP contribution in [-0.2, 0) is 25.4 Å². The van der Waals surface area contributed by atoms with E-state index in [0.29, 0.717) is 17.0 Å². The summed E-state index contributed by atoms with van der Waals surface area (Å²) in [6.45, 7) is 11.0. The Hall–Kier alpha value is -3.05. The van der Waals surface area contributed by atoms with Crippen LogP contribution in [0.1, 0.15) is 38.8 Å². The van der Waals surface area contributed by atoms with Crippen LogP contribution < -0.4 is 0 Å². The number of halogens is 1. The minimum absolute atomic E-state index is 0.0225. The van der Waals surface area contributed by atoms with Crippen molar-refractivity contribution in [3.8, 4) is 11.1 Å². The maximum atomic E-state index is 13.4. The van der Waals surface area contributed by atoms with Gasteiger partial charge in [0, 0.05) is 5.02 Å². The molecule has 162 valence electrons. The number of ether oxygens (including phenoxy) is 3. The number of Topliss-reactive ketones (excluding diaryl/α,β-unsaturated/α-hetero) is 1. The predicted octanol–water partition coefficient (Wildman–Crippen LogP) is 6.35. The van der Waals surface area contributed by atoms with E-state index in [-0.39, 0.29) is 29.5 Å². The largest absolute Gasteiger partial charge is 0.513 e. The average Bonchev–Trinajstić information content (AvgIpc) is 2.72. The molecule has 0 aromatic heterocycles. The smallest absolute Gasteiger partial charge is 0.476 e. The minimum Gasteiger partial charge on any atom is -0.476 e. The van der Waals surface area contributed by atoms with Crippen molar-refractivity contribution in [1.82, 2.24) is 0 Å². The zero-order valence-electron chi connectivity index (χ0n) is 18.1. The molecule has 0 fully saturated rings. The van der Waals surface area contributed by atoms with Crippen LogP contribution in [0.5, 0.6) is 0 Å². The van der Waals surface area contributed by atoms with Gasteiger partial charge in [-0.15, -0.1) is 0 Å². The van der Waals surface area contributed by atoms with Crippen LogP contribution in [0.25, 0.3) is 16.7 Å². The first-order valence-electron chi connectivity index (χ1n) is 10.1. The normalized spacial score (nSPS) is 15.5. The Morgan fingerprint density at radius 3 is 2.35 bits per heavy atom. The Morgan fingerprint density at radius 2 is 1.74 bits per heavy atom. The lowest BCUT2D eigenvalue weighted by Crippen LogP contribution is -2.40. The van der Waals surface area contributed by atoms with E-state index in [2.05, 4.69) is 6.58 Å². The molecule has 0 saturated carbocycles. The van der Waals surface area contributed by atoms with E-state index in [0.717, 1.165) is 16.7 Å². The van der Waals surface area contributed by atoms with E-state index >= 15 is 0 Å². The molecule has 0 amide bonds. The second kappa shape index (κ2) is 8.98. The Bertz CT molecular complexity index is 1060. The molecule has 0 N–H and O–H groups in total. The number of carbonyl (C=O) groups excluding carboxylic acids is 2. The molecule has 0 saturated heterocycles. The van der Waals surface area contributed by atoms with Gasteiger partial charge >= 0.3 is 6.16 Å². The van der Waals surface area contributed by atoms with E-state index in [1.54, 1.807) is 20.8 Å². The molecule has 31 heavy (non-hydrogen) atoms. The van der Waals surface area contributed by atoms with Gasteiger partial charge in [0.2, 0.25) is 5.78 Å². The van der Waals surface area contributed by atoms with Crippen LogP contribution >= 0.6 is 11.6 Å². The molecule has 1 aliphatic heterocycles. The first-order valence-corrected chi connectivity index (χ1v) is 10.5. The lowest BCUT2D eigenvalue weighted by molar-refractivity contribution is -0.131. The van der Waals surface area contributed by atoms with E-state index in [9.17, 15) is 9.59 Å². The fourth-order valence-electron chi connectivity index (χ4n) is 3.47. The third-order valence-electron chi connectivity index (χ3n) is 5.02. The molecule has 0 bridgehead atoms. The van der Waals surface area contributed by atoms with Gasteiger partial charge in [0.05, 0.1) is 12.2 Å². The number of hydrogen-bond acceptors (Lipinski definition) is 5. The maximum Gasteiger partial charge on any atom is 0.513 e. The monoisotopic (exact) mass is 440 g/mol. The van der Waals surface area contributed by atoms with Gasteiger partial charge < -0.3 is 14.2 Å². The van der Waals surface area contributed by atoms with Gasteiger partial charge in [-0.25, -0.2) is 4.79 Å². The summed E-state index contributed by atoms with van der Waals surface area (Å²) in [6, 6.07) is 13.3. The summed E-state index contributed by atoms with van der Waals surface area (Å²) in [5.41, 5.74) is 2.53. The number of carbonyl (C=O) groups is 2. The topological polar surface area (TPSA) is 61.8 Å². The lowest BCUT2D eigenvalue weighted by atomic mass is 9.84. The highest BCUT2D eigenvalue weighted by Gasteiger charge is 2.42. The van der Waals surface area contributed by atoms with Gasteiger partial charge in [0.15, 0.2) is 17.1 Å². The van der Waals surface area contributed by atoms with Crippen molar-refractivity contribution in [1.29, 1.82) is 0 Å². The predicted molar refractivity (Wildman–Crippen MR) is 121 cm³/mol. The van der Waals surface area contributed by atoms with Gasteiger partial charge in [-0.2, -0.15) is 0 Å². The Balaban J connectivity index is 2.23. The number of benzene rings is 2. The molecule has 1 aliphatic rings. The molecule has 0 unspecified atom stereocenters. The van der Waals surface area contributed by atoms with Crippen molar-refractivity contribution in [3.63, 3.8) is 0 Å². The van der Waals surface area contributed by atoms with Crippen molar-refractivity contribution in [2.75, 3.05) is 6.61 Å². The zero-order chi connectivity index (χ0) is 22.8. The molecule has 1 heterocycles. The van der Waals surface area contributed by atoms with Crippen LogP contribution in [0.2, 0.25) is 5.02 Å². The van der Waals surface area contributed by atoms with Gasteiger partial charge in [0.1, 0.15) is 0 Å². The quantitative estimate of drug-likeness (QED) is 0.507. The van der Waals surface area contributed by atoms with Crippen molar-refractivity contribution >= 4 is 29.1 Å². The Morgan fingerprint density at radius 1 is 1.10 bits per heavy atom. The van der Waals surface area contributed by atoms with E-state index in [1.807, 2.05) is 49.4 Å². The van der Waals surface area contributed by atoms with Gasteiger partial charge in [-0.05, 0) is 67.6 Å². The minimum atomic E-state index is -1.16. The molecule has 2 aromatic carbocycles. The molecule has 2 aromatic rings. The first-order chi connectivity index (χ1) is 14.7. The second-order valence-electron chi connectivity index (χ2n) is 7.59. The molecule has 3 rings (SSSR count). The summed E-state index contributed by atoms with van der Waals surface area (Å²) in [5, 5.41) is 0.639. The molecule has 0 spiro atoms. The van der Waals surface area contributed by atoms with Crippen LogP contribution in [0, 0.1) is 0 Å². The van der Waals surface area contributed by atoms with E-state index in [4.69, 9.17) is 25.8 Å². The molecule has 0 radical (unpaired) electrons.